The molecule has 0 aliphatic carbocycles. The fourth-order valence-electron chi connectivity index (χ4n) is 1.78. The predicted molar refractivity (Wildman–Crippen MR) is 65.8 cm³/mol. The first-order valence-electron chi connectivity index (χ1n) is 6.07. The first-order valence-corrected chi connectivity index (χ1v) is 6.07. The van der Waals surface area contributed by atoms with Crippen LogP contribution in [0.1, 0.15) is 37.4 Å². The third kappa shape index (κ3) is 4.99. The second-order valence-corrected chi connectivity index (χ2v) is 4.16. The Balaban J connectivity index is 2.19. The number of hydrogen-bond acceptors (Lipinski definition) is 3. The Labute approximate surface area is 102 Å². The lowest BCUT2D eigenvalue weighted by Crippen LogP contribution is -2.15. The molecule has 1 rings (SSSR count). The van der Waals surface area contributed by atoms with E-state index in [0.29, 0.717) is 0 Å². The average Bonchev–Trinajstić information content (AvgIpc) is 2.63. The molecule has 0 amide bonds. The van der Waals surface area contributed by atoms with Gasteiger partial charge in [-0.25, -0.2) is 0 Å². The summed E-state index contributed by atoms with van der Waals surface area (Å²) in [4.78, 5) is 10.3. The van der Waals surface area contributed by atoms with E-state index in [1.54, 1.807) is 0 Å². The van der Waals surface area contributed by atoms with Crippen molar-refractivity contribution in [3.8, 4) is 0 Å². The topological polar surface area (TPSA) is 67.2 Å². The molecular weight excluding hydrogens is 218 g/mol. The minimum Gasteiger partial charge on any atom is -0.481 e. The van der Waals surface area contributed by atoms with E-state index in [1.807, 2.05) is 17.9 Å². The Bertz CT molecular complexity index is 361. The minimum absolute atomic E-state index is 0.259. The molecular formula is C12H21N3O2. The van der Waals surface area contributed by atoms with Gasteiger partial charge in [-0.1, -0.05) is 6.92 Å². The van der Waals surface area contributed by atoms with Crippen LogP contribution in [0.25, 0.3) is 0 Å². The van der Waals surface area contributed by atoms with Crippen LogP contribution in [0.3, 0.4) is 0 Å². The van der Waals surface area contributed by atoms with Crippen molar-refractivity contribution >= 4 is 5.97 Å². The minimum atomic E-state index is -0.717. The van der Waals surface area contributed by atoms with Gasteiger partial charge in [0.15, 0.2) is 0 Å². The fraction of sp³-hybridized carbons (Fsp3) is 0.667. The summed E-state index contributed by atoms with van der Waals surface area (Å²) in [6.45, 7) is 3.76. The van der Waals surface area contributed by atoms with Gasteiger partial charge in [-0.3, -0.25) is 9.48 Å². The monoisotopic (exact) mass is 239 g/mol. The first kappa shape index (κ1) is 13.7. The Morgan fingerprint density at radius 3 is 2.94 bits per heavy atom. The normalized spacial score (nSPS) is 10.7. The smallest absolute Gasteiger partial charge is 0.303 e. The molecule has 0 fully saturated rings. The van der Waals surface area contributed by atoms with Gasteiger partial charge in [-0.15, -0.1) is 0 Å². The maximum atomic E-state index is 10.3. The van der Waals surface area contributed by atoms with Crippen molar-refractivity contribution in [2.45, 2.75) is 39.2 Å². The molecule has 0 bridgehead atoms. The van der Waals surface area contributed by atoms with Crippen LogP contribution in [0.2, 0.25) is 0 Å². The van der Waals surface area contributed by atoms with E-state index < -0.39 is 5.97 Å². The summed E-state index contributed by atoms with van der Waals surface area (Å²) in [7, 11) is 1.93. The summed E-state index contributed by atoms with van der Waals surface area (Å²) >= 11 is 0. The van der Waals surface area contributed by atoms with Gasteiger partial charge < -0.3 is 10.4 Å². The molecule has 1 heterocycles. The van der Waals surface area contributed by atoms with Crippen LogP contribution in [0, 0.1) is 0 Å². The molecule has 0 saturated heterocycles. The van der Waals surface area contributed by atoms with Crippen LogP contribution in [0.4, 0.5) is 0 Å². The lowest BCUT2D eigenvalue weighted by atomic mass is 10.2. The van der Waals surface area contributed by atoms with Gasteiger partial charge >= 0.3 is 5.97 Å². The van der Waals surface area contributed by atoms with E-state index in [9.17, 15) is 4.79 Å². The summed E-state index contributed by atoms with van der Waals surface area (Å²) in [5, 5.41) is 16.2. The Hall–Kier alpha value is -1.36. The molecule has 0 radical (unpaired) electrons. The fourth-order valence-corrected chi connectivity index (χ4v) is 1.78. The maximum absolute atomic E-state index is 10.3. The molecule has 96 valence electrons. The number of hydrogen-bond donors (Lipinski definition) is 2. The van der Waals surface area contributed by atoms with Crippen molar-refractivity contribution in [1.29, 1.82) is 0 Å². The second kappa shape index (κ2) is 7.06. The molecule has 0 spiro atoms. The quantitative estimate of drug-likeness (QED) is 0.672. The van der Waals surface area contributed by atoms with Crippen LogP contribution >= 0.6 is 0 Å². The highest BCUT2D eigenvalue weighted by molar-refractivity contribution is 5.66. The van der Waals surface area contributed by atoms with Gasteiger partial charge in [-0.05, 0) is 25.8 Å². The summed E-state index contributed by atoms with van der Waals surface area (Å²) < 4.78 is 1.83. The number of aryl methyl sites for hydroxylation is 2. The number of unbranched alkanes of at least 4 members (excludes halogenated alkanes) is 1. The van der Waals surface area contributed by atoms with Crippen molar-refractivity contribution in [3.63, 3.8) is 0 Å². The third-order valence-electron chi connectivity index (χ3n) is 2.64. The van der Waals surface area contributed by atoms with Gasteiger partial charge in [0, 0.05) is 31.8 Å². The van der Waals surface area contributed by atoms with Gasteiger partial charge in [0.25, 0.3) is 0 Å². The molecule has 1 aromatic heterocycles. The van der Waals surface area contributed by atoms with E-state index in [0.717, 1.165) is 38.0 Å². The Morgan fingerprint density at radius 2 is 2.29 bits per heavy atom. The highest BCUT2D eigenvalue weighted by atomic mass is 16.4. The molecule has 0 aromatic carbocycles. The largest absolute Gasteiger partial charge is 0.481 e. The zero-order chi connectivity index (χ0) is 12.7. The number of carboxylic acid groups (broad SMARTS) is 1. The van der Waals surface area contributed by atoms with E-state index in [4.69, 9.17) is 5.11 Å². The molecule has 17 heavy (non-hydrogen) atoms. The van der Waals surface area contributed by atoms with E-state index in [2.05, 4.69) is 17.3 Å². The van der Waals surface area contributed by atoms with Crippen molar-refractivity contribution in [2.24, 2.45) is 7.05 Å². The Morgan fingerprint density at radius 1 is 1.53 bits per heavy atom. The number of carboxylic acids is 1. The van der Waals surface area contributed by atoms with Gasteiger partial charge in [-0.2, -0.15) is 5.10 Å². The standard InChI is InChI=1S/C12H21N3O2/c1-3-11-10(9-15(2)14-11)8-13-7-5-4-6-12(16)17/h9,13H,3-8H2,1-2H3,(H,16,17). The molecule has 5 heteroatoms. The number of carbonyl (C=O) groups is 1. The first-order chi connectivity index (χ1) is 8.13. The lowest BCUT2D eigenvalue weighted by Gasteiger charge is -2.03. The molecule has 2 N–H and O–H groups in total. The molecule has 0 aliphatic heterocycles. The number of nitrogens with one attached hydrogen (secondary N) is 1. The molecule has 5 nitrogen and oxygen atoms in total. The van der Waals surface area contributed by atoms with Gasteiger partial charge in [0.2, 0.25) is 0 Å². The van der Waals surface area contributed by atoms with E-state index in [-0.39, 0.29) is 6.42 Å². The summed E-state index contributed by atoms with van der Waals surface area (Å²) in [6, 6.07) is 0. The predicted octanol–water partition coefficient (Wildman–Crippen LogP) is 1.33. The van der Waals surface area contributed by atoms with Crippen molar-refractivity contribution in [3.05, 3.63) is 17.5 Å². The number of aliphatic carboxylic acids is 1. The number of rotatable bonds is 8. The molecule has 1 aromatic rings. The molecule has 0 atom stereocenters. The van der Waals surface area contributed by atoms with Crippen molar-refractivity contribution in [2.75, 3.05) is 6.54 Å². The Kier molecular flexibility index (Phi) is 5.69. The third-order valence-corrected chi connectivity index (χ3v) is 2.64. The second-order valence-electron chi connectivity index (χ2n) is 4.16. The summed E-state index contributed by atoms with van der Waals surface area (Å²) in [6.07, 6.45) is 4.86. The average molecular weight is 239 g/mol. The molecule has 0 saturated carbocycles. The van der Waals surface area contributed by atoms with E-state index in [1.165, 1.54) is 5.56 Å². The van der Waals surface area contributed by atoms with Crippen LogP contribution in [-0.2, 0) is 24.8 Å². The highest BCUT2D eigenvalue weighted by Gasteiger charge is 2.04. The van der Waals surface area contributed by atoms with Crippen LogP contribution < -0.4 is 5.32 Å². The van der Waals surface area contributed by atoms with E-state index >= 15 is 0 Å². The van der Waals surface area contributed by atoms with Crippen LogP contribution in [-0.4, -0.2) is 27.4 Å². The molecule has 0 unspecified atom stereocenters. The van der Waals surface area contributed by atoms with Gasteiger partial charge in [0.1, 0.15) is 0 Å². The number of aromatic nitrogens is 2. The lowest BCUT2D eigenvalue weighted by molar-refractivity contribution is -0.137. The van der Waals surface area contributed by atoms with Gasteiger partial charge in [0.05, 0.1) is 5.69 Å². The van der Waals surface area contributed by atoms with Crippen LogP contribution in [0.15, 0.2) is 6.20 Å². The number of nitrogens with zero attached hydrogens (tertiary/aromatic N) is 2. The SMILES string of the molecule is CCc1nn(C)cc1CNCCCCC(=O)O. The summed E-state index contributed by atoms with van der Waals surface area (Å²) in [5.41, 5.74) is 2.36. The van der Waals surface area contributed by atoms with Crippen LogP contribution in [0.5, 0.6) is 0 Å². The van der Waals surface area contributed by atoms with Crippen molar-refractivity contribution in [1.82, 2.24) is 15.1 Å². The maximum Gasteiger partial charge on any atom is 0.303 e. The zero-order valence-electron chi connectivity index (χ0n) is 10.6. The van der Waals surface area contributed by atoms with Crippen molar-refractivity contribution < 1.29 is 9.90 Å². The highest BCUT2D eigenvalue weighted by Crippen LogP contribution is 2.06. The summed E-state index contributed by atoms with van der Waals surface area (Å²) in [5.74, 6) is -0.717. The molecule has 0 aliphatic rings. The zero-order valence-corrected chi connectivity index (χ0v) is 10.6.